The van der Waals surface area contributed by atoms with Crippen LogP contribution in [0.4, 0.5) is 11.4 Å². The summed E-state index contributed by atoms with van der Waals surface area (Å²) in [5.74, 6) is -0.356. The van der Waals surface area contributed by atoms with E-state index in [1.165, 1.54) is 22.9 Å². The van der Waals surface area contributed by atoms with Crippen LogP contribution in [-0.4, -0.2) is 25.6 Å². The SMILES string of the molecule is Cc1ccc(-n2nc(C(=O)Nc3cccc([N+](=O)[O-])c3)nc2-c2cccc(Cl)c2)cc1Cl. The Labute approximate surface area is 192 Å². The van der Waals surface area contributed by atoms with Crippen molar-refractivity contribution in [3.05, 3.63) is 98.3 Å². The quantitative estimate of drug-likeness (QED) is 0.299. The molecule has 1 N–H and O–H groups in total. The molecule has 0 spiro atoms. The molecule has 1 heterocycles. The monoisotopic (exact) mass is 467 g/mol. The predicted molar refractivity (Wildman–Crippen MR) is 123 cm³/mol. The second kappa shape index (κ2) is 8.78. The number of non-ortho nitro benzene ring substituents is 1. The number of carbonyl (C=O) groups excluding carboxylic acids is 1. The number of halogens is 2. The van der Waals surface area contributed by atoms with Crippen LogP contribution in [0.3, 0.4) is 0 Å². The van der Waals surface area contributed by atoms with E-state index >= 15 is 0 Å². The number of nitro benzene ring substituents is 1. The molecular weight excluding hydrogens is 453 g/mol. The van der Waals surface area contributed by atoms with Gasteiger partial charge in [0.25, 0.3) is 11.6 Å². The molecule has 160 valence electrons. The topological polar surface area (TPSA) is 103 Å². The molecule has 8 nitrogen and oxygen atoms in total. The number of hydrogen-bond acceptors (Lipinski definition) is 5. The molecule has 1 amide bonds. The van der Waals surface area contributed by atoms with Crippen molar-refractivity contribution in [2.75, 3.05) is 5.32 Å². The van der Waals surface area contributed by atoms with Crippen LogP contribution in [0.5, 0.6) is 0 Å². The van der Waals surface area contributed by atoms with Crippen molar-refractivity contribution in [3.8, 4) is 17.1 Å². The highest BCUT2D eigenvalue weighted by Crippen LogP contribution is 2.27. The van der Waals surface area contributed by atoms with Gasteiger partial charge >= 0.3 is 0 Å². The van der Waals surface area contributed by atoms with Crippen molar-refractivity contribution in [1.82, 2.24) is 14.8 Å². The summed E-state index contributed by atoms with van der Waals surface area (Å²) >= 11 is 12.4. The number of hydrogen-bond donors (Lipinski definition) is 1. The van der Waals surface area contributed by atoms with Gasteiger partial charge in [-0.15, -0.1) is 5.10 Å². The fraction of sp³-hybridized carbons (Fsp3) is 0.0455. The Morgan fingerprint density at radius 3 is 2.56 bits per heavy atom. The van der Waals surface area contributed by atoms with E-state index in [4.69, 9.17) is 23.2 Å². The lowest BCUT2D eigenvalue weighted by atomic mass is 10.2. The van der Waals surface area contributed by atoms with Gasteiger partial charge in [0, 0.05) is 33.4 Å². The van der Waals surface area contributed by atoms with Gasteiger partial charge in [-0.25, -0.2) is 9.67 Å². The molecule has 10 heteroatoms. The first kappa shape index (κ1) is 21.5. The smallest absolute Gasteiger partial charge is 0.295 e. The van der Waals surface area contributed by atoms with E-state index in [9.17, 15) is 14.9 Å². The molecule has 3 aromatic carbocycles. The molecule has 0 aliphatic heterocycles. The highest BCUT2D eigenvalue weighted by molar-refractivity contribution is 6.31. The summed E-state index contributed by atoms with van der Waals surface area (Å²) in [5.41, 5.74) is 2.26. The number of benzene rings is 3. The van der Waals surface area contributed by atoms with Gasteiger partial charge < -0.3 is 5.32 Å². The van der Waals surface area contributed by atoms with Gasteiger partial charge in [0.1, 0.15) is 0 Å². The fourth-order valence-electron chi connectivity index (χ4n) is 3.00. The molecule has 0 saturated heterocycles. The Morgan fingerprint density at radius 1 is 1.06 bits per heavy atom. The highest BCUT2D eigenvalue weighted by atomic mass is 35.5. The molecule has 0 unspecified atom stereocenters. The minimum absolute atomic E-state index is 0.122. The Kier molecular flexibility index (Phi) is 5.89. The van der Waals surface area contributed by atoms with Crippen LogP contribution in [0, 0.1) is 17.0 Å². The highest BCUT2D eigenvalue weighted by Gasteiger charge is 2.20. The summed E-state index contributed by atoms with van der Waals surface area (Å²) in [6.07, 6.45) is 0. The molecule has 0 aliphatic carbocycles. The number of aromatic nitrogens is 3. The van der Waals surface area contributed by atoms with Gasteiger partial charge in [0.05, 0.1) is 10.6 Å². The molecule has 4 rings (SSSR count). The lowest BCUT2D eigenvalue weighted by molar-refractivity contribution is -0.384. The molecule has 32 heavy (non-hydrogen) atoms. The van der Waals surface area contributed by atoms with E-state index in [1.807, 2.05) is 19.1 Å². The molecule has 0 radical (unpaired) electrons. The number of nitrogens with one attached hydrogen (secondary N) is 1. The second-order valence-electron chi connectivity index (χ2n) is 6.88. The van der Waals surface area contributed by atoms with Gasteiger partial charge in [-0.2, -0.15) is 0 Å². The summed E-state index contributed by atoms with van der Waals surface area (Å²) in [6.45, 7) is 1.88. The van der Waals surface area contributed by atoms with Crippen molar-refractivity contribution in [2.24, 2.45) is 0 Å². The van der Waals surface area contributed by atoms with Crippen molar-refractivity contribution in [2.45, 2.75) is 6.92 Å². The van der Waals surface area contributed by atoms with E-state index in [0.717, 1.165) is 5.56 Å². The summed E-state index contributed by atoms with van der Waals surface area (Å²) < 4.78 is 1.50. The maximum atomic E-state index is 12.8. The van der Waals surface area contributed by atoms with Crippen LogP contribution < -0.4 is 5.32 Å². The van der Waals surface area contributed by atoms with Gasteiger partial charge in [0.15, 0.2) is 5.82 Å². The van der Waals surface area contributed by atoms with Gasteiger partial charge in [0.2, 0.25) is 5.82 Å². The molecule has 1 aromatic heterocycles. The summed E-state index contributed by atoms with van der Waals surface area (Å²) in [4.78, 5) is 27.7. The van der Waals surface area contributed by atoms with Crippen LogP contribution in [-0.2, 0) is 0 Å². The number of carbonyl (C=O) groups is 1. The van der Waals surface area contributed by atoms with E-state index in [0.29, 0.717) is 27.1 Å². The lowest BCUT2D eigenvalue weighted by Crippen LogP contribution is -2.14. The number of aryl methyl sites for hydroxylation is 1. The van der Waals surface area contributed by atoms with Crippen molar-refractivity contribution in [3.63, 3.8) is 0 Å². The van der Waals surface area contributed by atoms with Crippen LogP contribution >= 0.6 is 23.2 Å². The Hall–Kier alpha value is -3.75. The first-order valence-electron chi connectivity index (χ1n) is 9.37. The Morgan fingerprint density at radius 2 is 1.84 bits per heavy atom. The van der Waals surface area contributed by atoms with Crippen LogP contribution in [0.15, 0.2) is 66.7 Å². The van der Waals surface area contributed by atoms with Crippen molar-refractivity contribution in [1.29, 1.82) is 0 Å². The normalized spacial score (nSPS) is 10.7. The summed E-state index contributed by atoms with van der Waals surface area (Å²) in [5, 5.41) is 19.0. The number of nitrogens with zero attached hydrogens (tertiary/aromatic N) is 4. The number of anilines is 1. The van der Waals surface area contributed by atoms with E-state index in [2.05, 4.69) is 15.4 Å². The first-order chi connectivity index (χ1) is 15.3. The van der Waals surface area contributed by atoms with E-state index in [1.54, 1.807) is 36.4 Å². The third kappa shape index (κ3) is 4.46. The average Bonchev–Trinajstić information content (AvgIpc) is 3.21. The van der Waals surface area contributed by atoms with Crippen molar-refractivity contribution >= 4 is 40.5 Å². The molecule has 0 fully saturated rings. The second-order valence-corrected chi connectivity index (χ2v) is 7.72. The molecule has 0 atom stereocenters. The zero-order valence-corrected chi connectivity index (χ0v) is 18.1. The summed E-state index contributed by atoms with van der Waals surface area (Å²) in [7, 11) is 0. The molecule has 4 aromatic rings. The maximum absolute atomic E-state index is 12.8. The fourth-order valence-corrected chi connectivity index (χ4v) is 3.37. The van der Waals surface area contributed by atoms with Crippen molar-refractivity contribution < 1.29 is 9.72 Å². The van der Waals surface area contributed by atoms with Gasteiger partial charge in [-0.3, -0.25) is 14.9 Å². The lowest BCUT2D eigenvalue weighted by Gasteiger charge is -2.08. The molecular formula is C22H15Cl2N5O3. The third-order valence-electron chi connectivity index (χ3n) is 4.61. The largest absolute Gasteiger partial charge is 0.319 e. The molecule has 0 aliphatic rings. The molecule has 0 saturated carbocycles. The predicted octanol–water partition coefficient (Wildman–Crippen LogP) is 5.71. The first-order valence-corrected chi connectivity index (χ1v) is 10.1. The zero-order chi connectivity index (χ0) is 22.8. The van der Waals surface area contributed by atoms with E-state index < -0.39 is 10.8 Å². The third-order valence-corrected chi connectivity index (χ3v) is 5.25. The number of rotatable bonds is 5. The maximum Gasteiger partial charge on any atom is 0.295 e. The Balaban J connectivity index is 1.76. The zero-order valence-electron chi connectivity index (χ0n) is 16.6. The summed E-state index contributed by atoms with van der Waals surface area (Å²) in [6, 6.07) is 18.0. The van der Waals surface area contributed by atoms with Crippen LogP contribution in [0.25, 0.3) is 17.1 Å². The van der Waals surface area contributed by atoms with Gasteiger partial charge in [-0.1, -0.05) is 47.5 Å². The average molecular weight is 468 g/mol. The van der Waals surface area contributed by atoms with Crippen LogP contribution in [0.2, 0.25) is 10.0 Å². The minimum Gasteiger partial charge on any atom is -0.319 e. The number of amides is 1. The van der Waals surface area contributed by atoms with Gasteiger partial charge in [-0.05, 0) is 42.8 Å². The van der Waals surface area contributed by atoms with Crippen LogP contribution in [0.1, 0.15) is 16.2 Å². The number of nitro groups is 1. The standard InChI is InChI=1S/C22H15Cl2N5O3/c1-13-8-9-17(12-19(13)24)28-21(14-4-2-5-15(23)10-14)26-20(27-28)22(30)25-16-6-3-7-18(11-16)29(31)32/h2-12H,1H3,(H,25,30). The minimum atomic E-state index is -0.620. The van der Waals surface area contributed by atoms with E-state index in [-0.39, 0.29) is 17.2 Å². The molecule has 0 bridgehead atoms. The Bertz CT molecular complexity index is 1350.